The van der Waals surface area contributed by atoms with Crippen LogP contribution >= 0.6 is 0 Å². The first-order chi connectivity index (χ1) is 10.1. The van der Waals surface area contributed by atoms with Crippen LogP contribution in [0.4, 0.5) is 4.39 Å². The van der Waals surface area contributed by atoms with Gasteiger partial charge in [-0.15, -0.1) is 0 Å². The second-order valence-corrected chi connectivity index (χ2v) is 4.41. The summed E-state index contributed by atoms with van der Waals surface area (Å²) in [6, 6.07) is 11.2. The van der Waals surface area contributed by atoms with Crippen molar-refractivity contribution in [3.63, 3.8) is 0 Å². The Morgan fingerprint density at radius 1 is 1.10 bits per heavy atom. The maximum absolute atomic E-state index is 13.9. The van der Waals surface area contributed by atoms with Crippen molar-refractivity contribution in [2.24, 2.45) is 0 Å². The number of nitrogens with zero attached hydrogens (tertiary/aromatic N) is 1. The van der Waals surface area contributed by atoms with Crippen molar-refractivity contribution in [1.82, 2.24) is 5.06 Å². The van der Waals surface area contributed by atoms with Gasteiger partial charge in [-0.25, -0.2) is 9.45 Å². The van der Waals surface area contributed by atoms with Gasteiger partial charge in [-0.05, 0) is 35.9 Å². The van der Waals surface area contributed by atoms with Gasteiger partial charge in [0.15, 0.2) is 0 Å². The van der Waals surface area contributed by atoms with Gasteiger partial charge in [0.1, 0.15) is 11.6 Å². The molecule has 0 bridgehead atoms. The number of hydrogen-bond acceptors (Lipinski definition) is 3. The van der Waals surface area contributed by atoms with Crippen molar-refractivity contribution in [3.8, 4) is 16.9 Å². The van der Waals surface area contributed by atoms with Crippen LogP contribution in [0, 0.1) is 5.82 Å². The molecule has 0 aliphatic heterocycles. The first-order valence-electron chi connectivity index (χ1n) is 6.33. The number of carbonyl (C=O) groups excluding carboxylic acids is 1. The van der Waals surface area contributed by atoms with Gasteiger partial charge in [0.05, 0.1) is 14.2 Å². The average molecular weight is 289 g/mol. The van der Waals surface area contributed by atoms with E-state index in [-0.39, 0.29) is 11.7 Å². The Kier molecular flexibility index (Phi) is 4.55. The molecule has 0 fully saturated rings. The lowest BCUT2D eigenvalue weighted by Gasteiger charge is -2.14. The standard InChI is InChI=1S/C16H16FNO3/c1-18(21-3)16(19)12-6-4-11(5-7-12)14-10-13(20-2)8-9-15(14)17/h4-10H,1-3H3. The maximum atomic E-state index is 13.9. The lowest BCUT2D eigenvalue weighted by Crippen LogP contribution is -2.25. The molecule has 0 saturated carbocycles. The molecule has 0 heterocycles. The van der Waals surface area contributed by atoms with Gasteiger partial charge in [-0.1, -0.05) is 12.1 Å². The molecule has 21 heavy (non-hydrogen) atoms. The number of hydroxylamine groups is 2. The molecule has 0 saturated heterocycles. The summed E-state index contributed by atoms with van der Waals surface area (Å²) in [5, 5.41) is 1.13. The highest BCUT2D eigenvalue weighted by Crippen LogP contribution is 2.27. The molecule has 0 atom stereocenters. The predicted octanol–water partition coefficient (Wildman–Crippen LogP) is 3.13. The highest BCUT2D eigenvalue weighted by molar-refractivity contribution is 5.93. The van der Waals surface area contributed by atoms with Crippen molar-refractivity contribution in [2.75, 3.05) is 21.3 Å². The summed E-state index contributed by atoms with van der Waals surface area (Å²) in [6.07, 6.45) is 0. The predicted molar refractivity (Wildman–Crippen MR) is 77.5 cm³/mol. The molecule has 0 aliphatic rings. The third-order valence-corrected chi connectivity index (χ3v) is 3.18. The third-order valence-electron chi connectivity index (χ3n) is 3.18. The molecule has 1 amide bonds. The lowest BCUT2D eigenvalue weighted by atomic mass is 10.0. The highest BCUT2D eigenvalue weighted by atomic mass is 19.1. The Hall–Kier alpha value is -2.40. The number of ether oxygens (including phenoxy) is 1. The van der Waals surface area contributed by atoms with Crippen LogP contribution in [0.5, 0.6) is 5.75 Å². The van der Waals surface area contributed by atoms with E-state index in [0.29, 0.717) is 22.4 Å². The summed E-state index contributed by atoms with van der Waals surface area (Å²) in [6.45, 7) is 0. The molecule has 5 heteroatoms. The molecule has 2 aromatic rings. The molecule has 0 aromatic heterocycles. The summed E-state index contributed by atoms with van der Waals surface area (Å²) in [5.41, 5.74) is 1.56. The molecule has 2 aromatic carbocycles. The zero-order chi connectivity index (χ0) is 15.4. The quantitative estimate of drug-likeness (QED) is 0.812. The Labute approximate surface area is 122 Å². The zero-order valence-electron chi connectivity index (χ0n) is 12.1. The van der Waals surface area contributed by atoms with Crippen LogP contribution in [-0.2, 0) is 4.84 Å². The number of halogens is 1. The molecule has 0 radical (unpaired) electrons. The number of amides is 1. The third kappa shape index (κ3) is 3.20. The Balaban J connectivity index is 2.33. The average Bonchev–Trinajstić information content (AvgIpc) is 2.54. The molecular formula is C16H16FNO3. The second kappa shape index (κ2) is 6.37. The van der Waals surface area contributed by atoms with E-state index in [1.165, 1.54) is 27.3 Å². The fourth-order valence-electron chi connectivity index (χ4n) is 1.91. The first-order valence-corrected chi connectivity index (χ1v) is 6.33. The Morgan fingerprint density at radius 2 is 1.76 bits per heavy atom. The normalized spacial score (nSPS) is 10.3. The molecule has 0 unspecified atom stereocenters. The van der Waals surface area contributed by atoms with Gasteiger partial charge < -0.3 is 4.74 Å². The summed E-state index contributed by atoms with van der Waals surface area (Å²) >= 11 is 0. The SMILES string of the molecule is COc1ccc(F)c(-c2ccc(C(=O)N(C)OC)cc2)c1. The minimum Gasteiger partial charge on any atom is -0.497 e. The van der Waals surface area contributed by atoms with Crippen LogP contribution in [0.3, 0.4) is 0 Å². The largest absolute Gasteiger partial charge is 0.497 e. The van der Waals surface area contributed by atoms with Crippen molar-refractivity contribution in [3.05, 3.63) is 53.8 Å². The van der Waals surface area contributed by atoms with E-state index in [9.17, 15) is 9.18 Å². The molecule has 4 nitrogen and oxygen atoms in total. The van der Waals surface area contributed by atoms with Crippen LogP contribution in [0.15, 0.2) is 42.5 Å². The zero-order valence-corrected chi connectivity index (χ0v) is 12.1. The van der Waals surface area contributed by atoms with E-state index in [2.05, 4.69) is 0 Å². The number of methoxy groups -OCH3 is 1. The maximum Gasteiger partial charge on any atom is 0.277 e. The number of hydrogen-bond donors (Lipinski definition) is 0. The van der Waals surface area contributed by atoms with Crippen LogP contribution in [0.25, 0.3) is 11.1 Å². The van der Waals surface area contributed by atoms with Crippen LogP contribution in [0.2, 0.25) is 0 Å². The molecule has 110 valence electrons. The van der Waals surface area contributed by atoms with E-state index in [4.69, 9.17) is 9.57 Å². The van der Waals surface area contributed by atoms with E-state index >= 15 is 0 Å². The number of carbonyl (C=O) groups is 1. The topological polar surface area (TPSA) is 38.8 Å². The smallest absolute Gasteiger partial charge is 0.277 e. The Bertz CT molecular complexity index is 640. The molecule has 0 N–H and O–H groups in total. The molecular weight excluding hydrogens is 273 g/mol. The van der Waals surface area contributed by atoms with Crippen molar-refractivity contribution in [1.29, 1.82) is 0 Å². The second-order valence-electron chi connectivity index (χ2n) is 4.41. The fraction of sp³-hybridized carbons (Fsp3) is 0.188. The highest BCUT2D eigenvalue weighted by Gasteiger charge is 2.12. The summed E-state index contributed by atoms with van der Waals surface area (Å²) in [4.78, 5) is 16.7. The fourth-order valence-corrected chi connectivity index (χ4v) is 1.91. The van der Waals surface area contributed by atoms with Gasteiger partial charge in [0, 0.05) is 18.2 Å². The van der Waals surface area contributed by atoms with Crippen molar-refractivity contribution in [2.45, 2.75) is 0 Å². The van der Waals surface area contributed by atoms with E-state index in [1.807, 2.05) is 0 Å². The lowest BCUT2D eigenvalue weighted by molar-refractivity contribution is -0.0756. The monoisotopic (exact) mass is 289 g/mol. The van der Waals surface area contributed by atoms with E-state index < -0.39 is 0 Å². The van der Waals surface area contributed by atoms with E-state index in [0.717, 1.165) is 5.06 Å². The van der Waals surface area contributed by atoms with Crippen LogP contribution in [-0.4, -0.2) is 32.2 Å². The van der Waals surface area contributed by atoms with Gasteiger partial charge >= 0.3 is 0 Å². The van der Waals surface area contributed by atoms with Gasteiger partial charge in [-0.3, -0.25) is 9.63 Å². The minimum atomic E-state index is -0.344. The van der Waals surface area contributed by atoms with Gasteiger partial charge in [-0.2, -0.15) is 0 Å². The number of rotatable bonds is 4. The summed E-state index contributed by atoms with van der Waals surface area (Å²) < 4.78 is 19.0. The van der Waals surface area contributed by atoms with E-state index in [1.54, 1.807) is 36.4 Å². The summed E-state index contributed by atoms with van der Waals surface area (Å²) in [7, 11) is 4.47. The summed E-state index contributed by atoms with van der Waals surface area (Å²) in [5.74, 6) is -0.0373. The van der Waals surface area contributed by atoms with Gasteiger partial charge in [0.25, 0.3) is 5.91 Å². The van der Waals surface area contributed by atoms with Crippen LogP contribution < -0.4 is 4.74 Å². The molecule has 2 rings (SSSR count). The minimum absolute atomic E-state index is 0.268. The number of benzene rings is 2. The molecule has 0 aliphatic carbocycles. The first kappa shape index (κ1) is 15.0. The van der Waals surface area contributed by atoms with Crippen molar-refractivity contribution < 1.29 is 18.8 Å². The van der Waals surface area contributed by atoms with Gasteiger partial charge in [0.2, 0.25) is 0 Å². The molecule has 0 spiro atoms. The Morgan fingerprint density at radius 3 is 2.33 bits per heavy atom. The van der Waals surface area contributed by atoms with Crippen LogP contribution in [0.1, 0.15) is 10.4 Å². The van der Waals surface area contributed by atoms with Crippen molar-refractivity contribution >= 4 is 5.91 Å².